The summed E-state index contributed by atoms with van der Waals surface area (Å²) in [6.45, 7) is 1.82. The molecule has 0 bridgehead atoms. The molecular weight excluding hydrogens is 380 g/mol. The first-order chi connectivity index (χ1) is 13.5. The van der Waals surface area contributed by atoms with Gasteiger partial charge in [0, 0.05) is 13.0 Å². The molecule has 0 unspecified atom stereocenters. The van der Waals surface area contributed by atoms with Crippen LogP contribution >= 0.6 is 11.3 Å². The molecule has 2 aromatic heterocycles. The summed E-state index contributed by atoms with van der Waals surface area (Å²) >= 11 is 1.06. The molecule has 0 spiro atoms. The van der Waals surface area contributed by atoms with Gasteiger partial charge in [0.15, 0.2) is 0 Å². The van der Waals surface area contributed by atoms with Gasteiger partial charge in [0.1, 0.15) is 10.6 Å². The lowest BCUT2D eigenvalue weighted by Crippen LogP contribution is -2.34. The number of carbonyl (C=O) groups excluding carboxylic acids is 1. The second kappa shape index (κ2) is 8.10. The van der Waals surface area contributed by atoms with E-state index in [1.165, 1.54) is 7.11 Å². The number of ether oxygens (including phenoxy) is 1. The largest absolute Gasteiger partial charge is 0.495 e. The number of H-pyrrole nitrogens is 1. The Morgan fingerprint density at radius 2 is 2.11 bits per heavy atom. The summed E-state index contributed by atoms with van der Waals surface area (Å²) in [5.74, 6) is 0.127. The molecule has 0 fully saturated rings. The van der Waals surface area contributed by atoms with Crippen molar-refractivity contribution in [2.24, 2.45) is 0 Å². The number of hydrogen-bond acceptors (Lipinski definition) is 6. The van der Waals surface area contributed by atoms with Gasteiger partial charge in [0.2, 0.25) is 0 Å². The number of hydrogen-bond donors (Lipinski definition) is 2. The van der Waals surface area contributed by atoms with Crippen LogP contribution in [0.3, 0.4) is 0 Å². The number of aromatic amines is 1. The lowest BCUT2D eigenvalue weighted by molar-refractivity contribution is 0.102. The fraction of sp³-hybridized carbons (Fsp3) is 0.263. The molecule has 9 heteroatoms. The molecule has 0 aliphatic carbocycles. The number of thiophene rings is 1. The van der Waals surface area contributed by atoms with Crippen molar-refractivity contribution in [1.29, 1.82) is 5.26 Å². The van der Waals surface area contributed by atoms with Crippen LogP contribution in [0.5, 0.6) is 5.75 Å². The fourth-order valence-corrected chi connectivity index (χ4v) is 4.00. The SMILES string of the molecule is COc1ccccc1NC(=O)c1sc2[nH]c(=O)n(CCCC#N)c(=O)c2c1C. The van der Waals surface area contributed by atoms with E-state index in [-0.39, 0.29) is 18.9 Å². The molecule has 3 aromatic rings. The molecule has 1 amide bonds. The first-order valence-electron chi connectivity index (χ1n) is 8.55. The molecule has 8 nitrogen and oxygen atoms in total. The number of nitrogens with zero attached hydrogens (tertiary/aromatic N) is 2. The van der Waals surface area contributed by atoms with Gasteiger partial charge < -0.3 is 10.1 Å². The highest BCUT2D eigenvalue weighted by Crippen LogP contribution is 2.29. The van der Waals surface area contributed by atoms with Gasteiger partial charge in [-0.15, -0.1) is 11.3 Å². The topological polar surface area (TPSA) is 117 Å². The summed E-state index contributed by atoms with van der Waals surface area (Å²) in [5.41, 5.74) is 0.00658. The van der Waals surface area contributed by atoms with Crippen LogP contribution in [0.25, 0.3) is 10.2 Å². The van der Waals surface area contributed by atoms with Gasteiger partial charge in [0.25, 0.3) is 11.5 Å². The first kappa shape index (κ1) is 19.4. The van der Waals surface area contributed by atoms with Crippen molar-refractivity contribution in [3.05, 3.63) is 55.5 Å². The summed E-state index contributed by atoms with van der Waals surface area (Å²) in [5, 5.41) is 11.7. The maximum absolute atomic E-state index is 12.8. The minimum Gasteiger partial charge on any atom is -0.495 e. The number of nitriles is 1. The summed E-state index contributed by atoms with van der Waals surface area (Å²) in [6, 6.07) is 8.99. The third-order valence-corrected chi connectivity index (χ3v) is 5.51. The molecule has 3 rings (SSSR count). The van der Waals surface area contributed by atoms with E-state index >= 15 is 0 Å². The molecule has 0 atom stereocenters. The van der Waals surface area contributed by atoms with Crippen LogP contribution < -0.4 is 21.3 Å². The number of fused-ring (bicyclic) bond motifs is 1. The summed E-state index contributed by atoms with van der Waals surface area (Å²) in [4.78, 5) is 41.1. The van der Waals surface area contributed by atoms with Crippen LogP contribution in [0.2, 0.25) is 0 Å². The van der Waals surface area contributed by atoms with Crippen LogP contribution in [0.4, 0.5) is 5.69 Å². The van der Waals surface area contributed by atoms with Crippen molar-refractivity contribution >= 4 is 33.1 Å². The van der Waals surface area contributed by atoms with Gasteiger partial charge >= 0.3 is 5.69 Å². The Bertz CT molecular complexity index is 1200. The molecule has 1 aromatic carbocycles. The zero-order valence-electron chi connectivity index (χ0n) is 15.4. The average molecular weight is 398 g/mol. The van der Waals surface area contributed by atoms with E-state index < -0.39 is 11.2 Å². The quantitative estimate of drug-likeness (QED) is 0.619. The lowest BCUT2D eigenvalue weighted by Gasteiger charge is -2.09. The molecule has 0 aliphatic heterocycles. The Labute approximate surface area is 164 Å². The Balaban J connectivity index is 2.01. The number of aromatic nitrogens is 2. The monoisotopic (exact) mass is 398 g/mol. The van der Waals surface area contributed by atoms with Crippen molar-refractivity contribution in [1.82, 2.24) is 9.55 Å². The van der Waals surface area contributed by atoms with E-state index in [1.807, 2.05) is 6.07 Å². The van der Waals surface area contributed by atoms with Gasteiger partial charge in [-0.3, -0.25) is 19.1 Å². The van der Waals surface area contributed by atoms with Crippen LogP contribution in [0.15, 0.2) is 33.9 Å². The number of methoxy groups -OCH3 is 1. The average Bonchev–Trinajstić information content (AvgIpc) is 3.01. The smallest absolute Gasteiger partial charge is 0.329 e. The van der Waals surface area contributed by atoms with E-state index in [0.717, 1.165) is 15.9 Å². The second-order valence-corrected chi connectivity index (χ2v) is 7.08. The fourth-order valence-electron chi connectivity index (χ4n) is 2.91. The molecule has 28 heavy (non-hydrogen) atoms. The van der Waals surface area contributed by atoms with Gasteiger partial charge in [-0.05, 0) is 31.0 Å². The van der Waals surface area contributed by atoms with Gasteiger partial charge in [-0.25, -0.2) is 4.79 Å². The van der Waals surface area contributed by atoms with Crippen LogP contribution in [0, 0.1) is 18.3 Å². The van der Waals surface area contributed by atoms with Crippen LogP contribution in [-0.2, 0) is 6.54 Å². The van der Waals surface area contributed by atoms with Crippen LogP contribution in [0.1, 0.15) is 28.1 Å². The Hall–Kier alpha value is -3.38. The predicted octanol–water partition coefficient (Wildman–Crippen LogP) is 2.62. The molecule has 0 saturated carbocycles. The maximum atomic E-state index is 12.8. The molecular formula is C19H18N4O4S. The molecule has 0 radical (unpaired) electrons. The number of para-hydroxylation sites is 2. The van der Waals surface area contributed by atoms with Crippen LogP contribution in [-0.4, -0.2) is 22.6 Å². The highest BCUT2D eigenvalue weighted by molar-refractivity contribution is 7.20. The minimum absolute atomic E-state index is 0.149. The molecule has 2 N–H and O–H groups in total. The highest BCUT2D eigenvalue weighted by Gasteiger charge is 2.21. The van der Waals surface area contributed by atoms with E-state index in [1.54, 1.807) is 31.2 Å². The highest BCUT2D eigenvalue weighted by atomic mass is 32.1. The van der Waals surface area contributed by atoms with E-state index in [0.29, 0.717) is 38.5 Å². The van der Waals surface area contributed by atoms with Gasteiger partial charge in [-0.2, -0.15) is 5.26 Å². The number of amides is 1. The predicted molar refractivity (Wildman–Crippen MR) is 107 cm³/mol. The number of carbonyl (C=O) groups is 1. The molecule has 0 aliphatic rings. The number of aryl methyl sites for hydroxylation is 1. The third-order valence-electron chi connectivity index (χ3n) is 4.30. The van der Waals surface area contributed by atoms with Crippen molar-refractivity contribution < 1.29 is 9.53 Å². The number of unbranched alkanes of at least 4 members (excludes halogenated alkanes) is 1. The number of anilines is 1. The zero-order chi connectivity index (χ0) is 20.3. The second-order valence-electron chi connectivity index (χ2n) is 6.06. The normalized spacial score (nSPS) is 10.6. The standard InChI is InChI=1S/C19H18N4O4S/c1-11-14-17(22-19(26)23(18(14)25)10-6-5-9-20)28-15(11)16(24)21-12-7-3-4-8-13(12)27-2/h3-4,7-8H,5-6,10H2,1-2H3,(H,21,24)(H,22,26). The van der Waals surface area contributed by atoms with E-state index in [2.05, 4.69) is 10.3 Å². The lowest BCUT2D eigenvalue weighted by atomic mass is 10.2. The zero-order valence-corrected chi connectivity index (χ0v) is 16.2. The number of nitrogens with one attached hydrogen (secondary N) is 2. The number of benzene rings is 1. The molecule has 144 valence electrons. The third kappa shape index (κ3) is 3.54. The van der Waals surface area contributed by atoms with Gasteiger partial charge in [-0.1, -0.05) is 12.1 Å². The Morgan fingerprint density at radius 3 is 2.82 bits per heavy atom. The van der Waals surface area contributed by atoms with Crippen molar-refractivity contribution in [3.63, 3.8) is 0 Å². The first-order valence-corrected chi connectivity index (χ1v) is 9.37. The Morgan fingerprint density at radius 1 is 1.36 bits per heavy atom. The Kier molecular flexibility index (Phi) is 5.61. The minimum atomic E-state index is -0.548. The summed E-state index contributed by atoms with van der Waals surface area (Å²) in [6.07, 6.45) is 0.647. The number of rotatable bonds is 6. The summed E-state index contributed by atoms with van der Waals surface area (Å²) in [7, 11) is 1.51. The van der Waals surface area contributed by atoms with E-state index in [9.17, 15) is 14.4 Å². The molecule has 0 saturated heterocycles. The van der Waals surface area contributed by atoms with E-state index in [4.69, 9.17) is 10.00 Å². The van der Waals surface area contributed by atoms with Gasteiger partial charge in [0.05, 0.1) is 29.1 Å². The summed E-state index contributed by atoms with van der Waals surface area (Å²) < 4.78 is 6.30. The van der Waals surface area contributed by atoms with Crippen molar-refractivity contribution in [2.75, 3.05) is 12.4 Å². The maximum Gasteiger partial charge on any atom is 0.329 e. The molecule has 2 heterocycles. The van der Waals surface area contributed by atoms with Crippen molar-refractivity contribution in [2.45, 2.75) is 26.3 Å². The van der Waals surface area contributed by atoms with Crippen molar-refractivity contribution in [3.8, 4) is 11.8 Å².